The van der Waals surface area contributed by atoms with Crippen LogP contribution < -0.4 is 0 Å². The quantitative estimate of drug-likeness (QED) is 0.808. The number of aliphatic hydroxyl groups is 1. The Bertz CT molecular complexity index is 255. The van der Waals surface area contributed by atoms with E-state index in [1.807, 2.05) is 6.92 Å². The van der Waals surface area contributed by atoms with Crippen LogP contribution in [0.2, 0.25) is 0 Å². The van der Waals surface area contributed by atoms with Crippen molar-refractivity contribution in [3.05, 3.63) is 16.1 Å². The van der Waals surface area contributed by atoms with Crippen molar-refractivity contribution in [2.45, 2.75) is 39.7 Å². The molecule has 1 heterocycles. The average Bonchev–Trinajstić information content (AvgIpc) is 2.54. The summed E-state index contributed by atoms with van der Waals surface area (Å²) in [7, 11) is 0. The lowest BCUT2D eigenvalue weighted by molar-refractivity contribution is 0.106. The zero-order valence-electron chi connectivity index (χ0n) is 8.45. The third kappa shape index (κ3) is 2.51. The van der Waals surface area contributed by atoms with Gasteiger partial charge in [0.15, 0.2) is 0 Å². The lowest BCUT2D eigenvalue weighted by atomic mass is 9.96. The summed E-state index contributed by atoms with van der Waals surface area (Å²) in [5, 5.41) is 11.0. The van der Waals surface area contributed by atoms with Gasteiger partial charge in [0.25, 0.3) is 0 Å². The van der Waals surface area contributed by atoms with Gasteiger partial charge >= 0.3 is 0 Å². The van der Waals surface area contributed by atoms with Gasteiger partial charge in [-0.2, -0.15) is 0 Å². The molecule has 0 radical (unpaired) electrons. The Kier molecular flexibility index (Phi) is 3.88. The molecule has 2 nitrogen and oxygen atoms in total. The first-order chi connectivity index (χ1) is 6.19. The molecule has 0 saturated heterocycles. The molecule has 1 rings (SSSR count). The summed E-state index contributed by atoms with van der Waals surface area (Å²) in [5.74, 6) is 0.375. The van der Waals surface area contributed by atoms with Gasteiger partial charge in [-0.25, -0.2) is 4.98 Å². The van der Waals surface area contributed by atoms with Crippen LogP contribution in [0.3, 0.4) is 0 Å². The van der Waals surface area contributed by atoms with E-state index < -0.39 is 0 Å². The van der Waals surface area contributed by atoms with E-state index in [0.29, 0.717) is 5.92 Å². The molecule has 0 aliphatic rings. The van der Waals surface area contributed by atoms with Crippen molar-refractivity contribution < 1.29 is 5.11 Å². The normalized spacial score (nSPS) is 13.6. The first-order valence-corrected chi connectivity index (χ1v) is 5.61. The summed E-state index contributed by atoms with van der Waals surface area (Å²) in [6, 6.07) is 0. The van der Waals surface area contributed by atoms with Crippen molar-refractivity contribution in [2.24, 2.45) is 5.92 Å². The van der Waals surface area contributed by atoms with Crippen molar-refractivity contribution in [2.75, 3.05) is 0 Å². The predicted octanol–water partition coefficient (Wildman–Crippen LogP) is 2.92. The highest BCUT2D eigenvalue weighted by Gasteiger charge is 2.19. The minimum atomic E-state index is -0.318. The van der Waals surface area contributed by atoms with Gasteiger partial charge in [-0.1, -0.05) is 26.7 Å². The number of aryl methyl sites for hydroxylation is 1. The van der Waals surface area contributed by atoms with Crippen LogP contribution in [0.5, 0.6) is 0 Å². The molecule has 0 aromatic carbocycles. The Hall–Kier alpha value is -0.410. The fourth-order valence-corrected chi connectivity index (χ4v) is 2.35. The van der Waals surface area contributed by atoms with E-state index >= 15 is 0 Å². The third-order valence-electron chi connectivity index (χ3n) is 2.43. The van der Waals surface area contributed by atoms with Crippen molar-refractivity contribution in [1.29, 1.82) is 0 Å². The monoisotopic (exact) mass is 199 g/mol. The van der Waals surface area contributed by atoms with Crippen LogP contribution >= 0.6 is 11.3 Å². The second kappa shape index (κ2) is 4.72. The molecule has 0 bridgehead atoms. The maximum Gasteiger partial charge on any atom is 0.0925 e. The summed E-state index contributed by atoms with van der Waals surface area (Å²) in [5.41, 5.74) is 0. The SMILES string of the molecule is CCC(CC)C(O)c1cnc(C)s1. The van der Waals surface area contributed by atoms with E-state index in [2.05, 4.69) is 18.8 Å². The Morgan fingerprint density at radius 3 is 2.46 bits per heavy atom. The van der Waals surface area contributed by atoms with Crippen molar-refractivity contribution in [1.82, 2.24) is 4.98 Å². The molecule has 0 amide bonds. The van der Waals surface area contributed by atoms with E-state index in [9.17, 15) is 5.11 Å². The molecule has 0 aliphatic heterocycles. The molecule has 0 aliphatic carbocycles. The predicted molar refractivity (Wildman–Crippen MR) is 55.9 cm³/mol. The molecule has 3 heteroatoms. The zero-order chi connectivity index (χ0) is 9.84. The van der Waals surface area contributed by atoms with Crippen molar-refractivity contribution >= 4 is 11.3 Å². The lowest BCUT2D eigenvalue weighted by Gasteiger charge is -2.17. The average molecular weight is 199 g/mol. The summed E-state index contributed by atoms with van der Waals surface area (Å²) in [4.78, 5) is 5.15. The van der Waals surface area contributed by atoms with Crippen LogP contribution in [0.4, 0.5) is 0 Å². The van der Waals surface area contributed by atoms with Crippen LogP contribution in [-0.2, 0) is 0 Å². The molecular weight excluding hydrogens is 182 g/mol. The molecule has 13 heavy (non-hydrogen) atoms. The van der Waals surface area contributed by atoms with Gasteiger partial charge in [0, 0.05) is 6.20 Å². The molecule has 1 aromatic rings. The second-order valence-corrected chi connectivity index (χ2v) is 4.57. The van der Waals surface area contributed by atoms with Crippen molar-refractivity contribution in [3.63, 3.8) is 0 Å². The number of thiazole rings is 1. The fraction of sp³-hybridized carbons (Fsp3) is 0.700. The number of hydrogen-bond donors (Lipinski definition) is 1. The summed E-state index contributed by atoms with van der Waals surface area (Å²) >= 11 is 1.59. The largest absolute Gasteiger partial charge is 0.387 e. The van der Waals surface area contributed by atoms with Crippen LogP contribution in [0.15, 0.2) is 6.20 Å². The number of aliphatic hydroxyl groups excluding tert-OH is 1. The van der Waals surface area contributed by atoms with Crippen LogP contribution in [0.25, 0.3) is 0 Å². The van der Waals surface area contributed by atoms with Gasteiger partial charge in [-0.05, 0) is 12.8 Å². The summed E-state index contributed by atoms with van der Waals surface area (Å²) in [6.45, 7) is 6.20. The third-order valence-corrected chi connectivity index (χ3v) is 3.41. The first-order valence-electron chi connectivity index (χ1n) is 4.79. The van der Waals surface area contributed by atoms with Gasteiger partial charge in [-0.15, -0.1) is 11.3 Å². The maximum absolute atomic E-state index is 9.96. The second-order valence-electron chi connectivity index (χ2n) is 3.30. The highest BCUT2D eigenvalue weighted by atomic mass is 32.1. The van der Waals surface area contributed by atoms with Crippen LogP contribution in [-0.4, -0.2) is 10.1 Å². The van der Waals surface area contributed by atoms with Gasteiger partial charge in [0.05, 0.1) is 16.0 Å². The standard InChI is InChI=1S/C10H17NOS/c1-4-8(5-2)10(12)9-6-11-7(3)13-9/h6,8,10,12H,4-5H2,1-3H3. The summed E-state index contributed by atoms with van der Waals surface area (Å²) < 4.78 is 0. The fourth-order valence-electron chi connectivity index (χ4n) is 1.48. The van der Waals surface area contributed by atoms with Crippen molar-refractivity contribution in [3.8, 4) is 0 Å². The molecule has 1 unspecified atom stereocenters. The number of nitrogens with zero attached hydrogens (tertiary/aromatic N) is 1. The van der Waals surface area contributed by atoms with E-state index in [1.54, 1.807) is 17.5 Å². The topological polar surface area (TPSA) is 33.1 Å². The van der Waals surface area contributed by atoms with Crippen LogP contribution in [0, 0.1) is 12.8 Å². The molecular formula is C10H17NOS. The summed E-state index contributed by atoms with van der Waals surface area (Å²) in [6.07, 6.45) is 3.52. The molecule has 0 saturated carbocycles. The minimum Gasteiger partial charge on any atom is -0.387 e. The van der Waals surface area contributed by atoms with E-state index in [4.69, 9.17) is 0 Å². The molecule has 1 atom stereocenters. The molecule has 0 fully saturated rings. The van der Waals surface area contributed by atoms with E-state index in [1.165, 1.54) is 0 Å². The Labute approximate surface area is 83.6 Å². The Morgan fingerprint density at radius 2 is 2.08 bits per heavy atom. The lowest BCUT2D eigenvalue weighted by Crippen LogP contribution is -2.09. The zero-order valence-corrected chi connectivity index (χ0v) is 9.27. The van der Waals surface area contributed by atoms with E-state index in [0.717, 1.165) is 22.7 Å². The highest BCUT2D eigenvalue weighted by Crippen LogP contribution is 2.30. The number of aromatic nitrogens is 1. The smallest absolute Gasteiger partial charge is 0.0925 e. The van der Waals surface area contributed by atoms with Gasteiger partial charge in [0.1, 0.15) is 0 Å². The Morgan fingerprint density at radius 1 is 1.46 bits per heavy atom. The van der Waals surface area contributed by atoms with Gasteiger partial charge < -0.3 is 5.11 Å². The van der Waals surface area contributed by atoms with Crippen LogP contribution in [0.1, 0.15) is 42.7 Å². The molecule has 74 valence electrons. The molecule has 1 N–H and O–H groups in total. The van der Waals surface area contributed by atoms with E-state index in [-0.39, 0.29) is 6.10 Å². The first kappa shape index (κ1) is 10.7. The van der Waals surface area contributed by atoms with Gasteiger partial charge in [0.2, 0.25) is 0 Å². The molecule has 1 aromatic heterocycles. The highest BCUT2D eigenvalue weighted by molar-refractivity contribution is 7.11. The molecule has 0 spiro atoms. The minimum absolute atomic E-state index is 0.318. The number of hydrogen-bond acceptors (Lipinski definition) is 3. The number of rotatable bonds is 4. The Balaban J connectivity index is 2.71. The maximum atomic E-state index is 9.96. The van der Waals surface area contributed by atoms with Gasteiger partial charge in [-0.3, -0.25) is 0 Å².